The first kappa shape index (κ1) is 38.9. The molecule has 9 aromatic carbocycles. The Bertz CT molecular complexity index is 3830. The van der Waals surface area contributed by atoms with E-state index >= 15 is 0 Å². The summed E-state index contributed by atoms with van der Waals surface area (Å²) in [6.07, 6.45) is 0. The molecular weight excluding hydrogens is 815 g/mol. The third-order valence-electron chi connectivity index (χ3n) is 13.6. The van der Waals surface area contributed by atoms with Crippen LogP contribution in [0.5, 0.6) is 0 Å². The maximum Gasteiger partial charge on any atom is 0.160 e. The number of para-hydroxylation sites is 5. The molecule has 13 aromatic rings. The van der Waals surface area contributed by atoms with Gasteiger partial charge in [-0.15, -0.1) is 0 Å². The molecule has 0 radical (unpaired) electrons. The number of hydrogen-bond acceptors (Lipinski definition) is 2. The molecule has 0 atom stereocenters. The second-order valence-corrected chi connectivity index (χ2v) is 18.7. The van der Waals surface area contributed by atoms with Gasteiger partial charge in [-0.05, 0) is 89.8 Å². The van der Waals surface area contributed by atoms with Crippen LogP contribution in [0.25, 0.3) is 116 Å². The topological polar surface area (TPSA) is 40.6 Å². The second kappa shape index (κ2) is 15.0. The monoisotopic (exact) mass is 859 g/mol. The minimum absolute atomic E-state index is 0.0486. The van der Waals surface area contributed by atoms with E-state index in [1.54, 1.807) is 0 Å². The Morgan fingerprint density at radius 3 is 1.18 bits per heavy atom. The molecule has 0 amide bonds. The van der Waals surface area contributed by atoms with Crippen LogP contribution in [-0.4, -0.2) is 23.7 Å². The fraction of sp³-hybridized carbons (Fsp3) is 0.0645. The Balaban J connectivity index is 1.03. The van der Waals surface area contributed by atoms with Gasteiger partial charge >= 0.3 is 0 Å². The van der Waals surface area contributed by atoms with Crippen LogP contribution in [0.15, 0.2) is 218 Å². The summed E-state index contributed by atoms with van der Waals surface area (Å²) in [5, 5.41) is 7.40. The van der Waals surface area contributed by atoms with Gasteiger partial charge in [-0.1, -0.05) is 160 Å². The van der Waals surface area contributed by atoms with Gasteiger partial charge in [0.2, 0.25) is 0 Å². The predicted molar refractivity (Wildman–Crippen MR) is 280 cm³/mol. The lowest BCUT2D eigenvalue weighted by Crippen LogP contribution is -2.10. The van der Waals surface area contributed by atoms with E-state index in [2.05, 4.69) is 247 Å². The SMILES string of the molecule is CC(C)(C)c1ccc2c(c1)c1ccccc1n2-c1ccc(-c2cc(-c3cc(-n4c5ccccc5c5ccccc54)cc(-n4c5ccccc5c5ccccc54)c3)nc(-c3ccccc3)n2)cc1. The second-order valence-electron chi connectivity index (χ2n) is 18.7. The number of nitrogens with zero attached hydrogens (tertiary/aromatic N) is 5. The number of benzene rings is 9. The zero-order chi connectivity index (χ0) is 44.8. The molecule has 5 heteroatoms. The quantitative estimate of drug-likeness (QED) is 0.167. The van der Waals surface area contributed by atoms with Crippen molar-refractivity contribution in [2.45, 2.75) is 26.2 Å². The normalized spacial score (nSPS) is 12.1. The molecule has 0 N–H and O–H groups in total. The Morgan fingerprint density at radius 1 is 0.299 bits per heavy atom. The molecule has 0 saturated heterocycles. The summed E-state index contributed by atoms with van der Waals surface area (Å²) in [5.74, 6) is 0.676. The van der Waals surface area contributed by atoms with Crippen molar-refractivity contribution in [3.63, 3.8) is 0 Å². The molecule has 13 rings (SSSR count). The van der Waals surface area contributed by atoms with Crippen LogP contribution in [0.2, 0.25) is 0 Å². The van der Waals surface area contributed by atoms with Gasteiger partial charge in [0.25, 0.3) is 0 Å². The maximum absolute atomic E-state index is 5.41. The van der Waals surface area contributed by atoms with E-state index in [0.717, 1.165) is 67.2 Å². The van der Waals surface area contributed by atoms with Gasteiger partial charge in [-0.3, -0.25) is 0 Å². The predicted octanol–water partition coefficient (Wildman–Crippen LogP) is 16.1. The summed E-state index contributed by atoms with van der Waals surface area (Å²) in [5.41, 5.74) is 16.3. The van der Waals surface area contributed by atoms with Crippen LogP contribution in [0.1, 0.15) is 26.3 Å². The standard InChI is InChI=1S/C62H45N5/c1-62(2,3)43-31-34-60-52(37-43)51-23-11-16-28-59(51)65(60)44-32-29-40(30-33-44)53-39-54(64-61(63-53)41-17-5-4-6-18-41)42-35-45(66-55-24-12-7-19-47(55)48-20-8-13-25-56(48)66)38-46(36-42)67-57-26-14-9-21-49(57)50-22-10-15-27-58(50)67/h4-39H,1-3H3. The zero-order valence-corrected chi connectivity index (χ0v) is 37.5. The minimum atomic E-state index is 0.0486. The number of hydrogen-bond donors (Lipinski definition) is 0. The van der Waals surface area contributed by atoms with Crippen molar-refractivity contribution in [1.82, 2.24) is 23.7 Å². The van der Waals surface area contributed by atoms with E-state index in [-0.39, 0.29) is 5.41 Å². The lowest BCUT2D eigenvalue weighted by molar-refractivity contribution is 0.591. The average Bonchev–Trinajstić information content (AvgIpc) is 4.02. The van der Waals surface area contributed by atoms with Crippen LogP contribution >= 0.6 is 0 Å². The van der Waals surface area contributed by atoms with Crippen LogP contribution in [0.3, 0.4) is 0 Å². The highest BCUT2D eigenvalue weighted by Crippen LogP contribution is 2.40. The van der Waals surface area contributed by atoms with Crippen LogP contribution in [-0.2, 0) is 5.41 Å². The van der Waals surface area contributed by atoms with E-state index in [0.29, 0.717) is 5.82 Å². The molecule has 4 heterocycles. The van der Waals surface area contributed by atoms with Crippen LogP contribution < -0.4 is 0 Å². The number of rotatable bonds is 6. The highest BCUT2D eigenvalue weighted by molar-refractivity contribution is 6.11. The first-order valence-corrected chi connectivity index (χ1v) is 23.1. The summed E-state index contributed by atoms with van der Waals surface area (Å²) in [7, 11) is 0. The minimum Gasteiger partial charge on any atom is -0.309 e. The van der Waals surface area contributed by atoms with Crippen molar-refractivity contribution in [1.29, 1.82) is 0 Å². The maximum atomic E-state index is 5.41. The molecule has 0 aliphatic rings. The zero-order valence-electron chi connectivity index (χ0n) is 37.5. The van der Waals surface area contributed by atoms with Gasteiger partial charge in [0.1, 0.15) is 0 Å². The van der Waals surface area contributed by atoms with Crippen LogP contribution in [0.4, 0.5) is 0 Å². The molecule has 4 aromatic heterocycles. The fourth-order valence-electron chi connectivity index (χ4n) is 10.4. The lowest BCUT2D eigenvalue weighted by atomic mass is 9.86. The van der Waals surface area contributed by atoms with Crippen LogP contribution in [0, 0.1) is 0 Å². The third-order valence-corrected chi connectivity index (χ3v) is 13.6. The average molecular weight is 860 g/mol. The largest absolute Gasteiger partial charge is 0.309 e. The summed E-state index contributed by atoms with van der Waals surface area (Å²) >= 11 is 0. The van der Waals surface area contributed by atoms with E-state index in [1.807, 2.05) is 6.07 Å². The molecular formula is C62H45N5. The first-order valence-electron chi connectivity index (χ1n) is 23.1. The first-order chi connectivity index (χ1) is 32.9. The van der Waals surface area contributed by atoms with Crippen molar-refractivity contribution in [3.8, 4) is 51.0 Å². The highest BCUT2D eigenvalue weighted by Gasteiger charge is 2.21. The summed E-state index contributed by atoms with van der Waals surface area (Å²) in [4.78, 5) is 10.7. The van der Waals surface area contributed by atoms with Gasteiger partial charge in [-0.2, -0.15) is 0 Å². The third kappa shape index (κ3) is 6.30. The Kier molecular flexibility index (Phi) is 8.71. The van der Waals surface area contributed by atoms with Gasteiger partial charge in [0.05, 0.1) is 44.5 Å². The fourth-order valence-corrected chi connectivity index (χ4v) is 10.4. The molecule has 67 heavy (non-hydrogen) atoms. The smallest absolute Gasteiger partial charge is 0.160 e. The van der Waals surface area contributed by atoms with Gasteiger partial charge < -0.3 is 13.7 Å². The molecule has 0 bridgehead atoms. The molecule has 0 unspecified atom stereocenters. The Labute approximate surface area is 388 Å². The summed E-state index contributed by atoms with van der Waals surface area (Å²) in [6, 6.07) is 78.8. The van der Waals surface area contributed by atoms with Crippen molar-refractivity contribution in [2.24, 2.45) is 0 Å². The summed E-state index contributed by atoms with van der Waals surface area (Å²) < 4.78 is 7.20. The van der Waals surface area contributed by atoms with Crippen molar-refractivity contribution in [3.05, 3.63) is 224 Å². The number of fused-ring (bicyclic) bond motifs is 9. The van der Waals surface area contributed by atoms with Gasteiger partial charge in [-0.25, -0.2) is 9.97 Å². The molecule has 0 fully saturated rings. The van der Waals surface area contributed by atoms with E-state index in [9.17, 15) is 0 Å². The van der Waals surface area contributed by atoms with E-state index in [1.165, 1.54) is 48.9 Å². The van der Waals surface area contributed by atoms with E-state index < -0.39 is 0 Å². The molecule has 0 spiro atoms. The van der Waals surface area contributed by atoms with Crippen molar-refractivity contribution < 1.29 is 0 Å². The number of aromatic nitrogens is 5. The van der Waals surface area contributed by atoms with Crippen molar-refractivity contribution >= 4 is 65.4 Å². The molecule has 0 saturated carbocycles. The molecule has 0 aliphatic carbocycles. The van der Waals surface area contributed by atoms with Gasteiger partial charge in [0, 0.05) is 66.1 Å². The Morgan fingerprint density at radius 2 is 0.701 bits per heavy atom. The Hall–Kier alpha value is -8.54. The van der Waals surface area contributed by atoms with Crippen molar-refractivity contribution in [2.75, 3.05) is 0 Å². The summed E-state index contributed by atoms with van der Waals surface area (Å²) in [6.45, 7) is 6.84. The van der Waals surface area contributed by atoms with Gasteiger partial charge in [0.15, 0.2) is 5.82 Å². The molecule has 318 valence electrons. The van der Waals surface area contributed by atoms with E-state index in [4.69, 9.17) is 9.97 Å². The molecule has 5 nitrogen and oxygen atoms in total. The highest BCUT2D eigenvalue weighted by atomic mass is 15.0. The lowest BCUT2D eigenvalue weighted by Gasteiger charge is -2.19. The molecule has 0 aliphatic heterocycles.